The summed E-state index contributed by atoms with van der Waals surface area (Å²) in [6, 6.07) is 35.3. The Kier molecular flexibility index (Phi) is 4.36. The molecule has 0 atom stereocenters. The second-order valence-corrected chi connectivity index (χ2v) is 8.46. The van der Waals surface area contributed by atoms with Crippen LogP contribution in [0.15, 0.2) is 97.1 Å². The molecule has 0 aliphatic heterocycles. The Morgan fingerprint density at radius 1 is 0.562 bits per heavy atom. The van der Waals surface area contributed by atoms with E-state index in [9.17, 15) is 0 Å². The highest BCUT2D eigenvalue weighted by Gasteiger charge is 2.12. The summed E-state index contributed by atoms with van der Waals surface area (Å²) in [6.45, 7) is 4.91. The number of fused-ring (bicyclic) bond motifs is 6. The van der Waals surface area contributed by atoms with Crippen LogP contribution in [0.25, 0.3) is 54.2 Å². The average Bonchev–Trinajstić information content (AvgIpc) is 2.84. The second-order valence-electron chi connectivity index (χ2n) is 8.46. The van der Waals surface area contributed by atoms with Crippen LogP contribution in [0.3, 0.4) is 0 Å². The van der Waals surface area contributed by atoms with Gasteiger partial charge in [-0.3, -0.25) is 0 Å². The molecule has 6 aromatic carbocycles. The monoisotopic (exact) mass is 412 g/mol. The topological polar surface area (TPSA) is 9.23 Å². The van der Waals surface area contributed by atoms with E-state index in [1.807, 2.05) is 6.92 Å². The van der Waals surface area contributed by atoms with Crippen LogP contribution >= 0.6 is 0 Å². The van der Waals surface area contributed by atoms with Gasteiger partial charge in [0.05, 0.1) is 6.61 Å². The summed E-state index contributed by atoms with van der Waals surface area (Å²) in [5.41, 5.74) is 3.84. The van der Waals surface area contributed by atoms with E-state index in [1.165, 1.54) is 59.8 Å². The summed E-state index contributed by atoms with van der Waals surface area (Å²) in [5.74, 6) is 0.922. The van der Waals surface area contributed by atoms with Crippen molar-refractivity contribution in [1.82, 2.24) is 0 Å². The minimum atomic E-state index is 0.681. The number of rotatable bonds is 3. The zero-order valence-electron chi connectivity index (χ0n) is 18.4. The van der Waals surface area contributed by atoms with Gasteiger partial charge in [-0.1, -0.05) is 72.8 Å². The number of benzene rings is 6. The molecule has 0 fully saturated rings. The fourth-order valence-corrected chi connectivity index (χ4v) is 5.02. The SMILES string of the molecule is CCOc1ccc2cc(-c3cc4c5ccccc5c(C)cc4c4ccccc34)ccc2c1. The lowest BCUT2D eigenvalue weighted by Crippen LogP contribution is -1.91. The number of hydrogen-bond acceptors (Lipinski definition) is 1. The minimum Gasteiger partial charge on any atom is -0.494 e. The van der Waals surface area contributed by atoms with Crippen molar-refractivity contribution < 1.29 is 4.74 Å². The van der Waals surface area contributed by atoms with Gasteiger partial charge in [-0.2, -0.15) is 0 Å². The lowest BCUT2D eigenvalue weighted by atomic mass is 9.89. The summed E-state index contributed by atoms with van der Waals surface area (Å²) >= 11 is 0. The van der Waals surface area contributed by atoms with E-state index in [4.69, 9.17) is 4.74 Å². The normalized spacial score (nSPS) is 11.6. The van der Waals surface area contributed by atoms with E-state index in [1.54, 1.807) is 0 Å². The van der Waals surface area contributed by atoms with Crippen LogP contribution in [-0.2, 0) is 0 Å². The van der Waals surface area contributed by atoms with Crippen LogP contribution in [0.2, 0.25) is 0 Å². The molecule has 0 aromatic heterocycles. The Balaban J connectivity index is 1.67. The van der Waals surface area contributed by atoms with Crippen molar-refractivity contribution in [2.75, 3.05) is 6.61 Å². The number of hydrogen-bond donors (Lipinski definition) is 0. The highest BCUT2D eigenvalue weighted by Crippen LogP contribution is 2.39. The van der Waals surface area contributed by atoms with E-state index >= 15 is 0 Å². The molecule has 0 N–H and O–H groups in total. The van der Waals surface area contributed by atoms with Gasteiger partial charge in [-0.15, -0.1) is 0 Å². The average molecular weight is 413 g/mol. The third kappa shape index (κ3) is 2.93. The van der Waals surface area contributed by atoms with Gasteiger partial charge < -0.3 is 4.74 Å². The molecule has 0 aliphatic rings. The molecule has 0 amide bonds. The molecular formula is C31H24O. The molecule has 0 spiro atoms. The van der Waals surface area contributed by atoms with Crippen molar-refractivity contribution in [1.29, 1.82) is 0 Å². The standard InChI is InChI=1S/C31H24O/c1-3-32-24-15-14-21-17-23(13-12-22(21)18-24)29-19-31-26-9-5-4-8-25(26)20(2)16-30(31)28-11-7-6-10-27(28)29/h4-19H,3H2,1-2H3. The lowest BCUT2D eigenvalue weighted by molar-refractivity contribution is 0.341. The smallest absolute Gasteiger partial charge is 0.119 e. The third-order valence-electron chi connectivity index (χ3n) is 6.52. The molecule has 0 unspecified atom stereocenters. The van der Waals surface area contributed by atoms with Crippen LogP contribution in [0, 0.1) is 6.92 Å². The fourth-order valence-electron chi connectivity index (χ4n) is 5.02. The highest BCUT2D eigenvalue weighted by atomic mass is 16.5. The first kappa shape index (κ1) is 18.9. The summed E-state index contributed by atoms with van der Waals surface area (Å²) in [6.07, 6.45) is 0. The maximum atomic E-state index is 5.69. The molecule has 0 bridgehead atoms. The molecule has 0 saturated carbocycles. The maximum absolute atomic E-state index is 5.69. The van der Waals surface area contributed by atoms with Crippen molar-refractivity contribution in [3.8, 4) is 16.9 Å². The Hall–Kier alpha value is -3.84. The lowest BCUT2D eigenvalue weighted by Gasteiger charge is -2.15. The summed E-state index contributed by atoms with van der Waals surface area (Å²) in [7, 11) is 0. The summed E-state index contributed by atoms with van der Waals surface area (Å²) < 4.78 is 5.69. The van der Waals surface area contributed by atoms with Crippen LogP contribution < -0.4 is 4.74 Å². The first-order valence-corrected chi connectivity index (χ1v) is 11.2. The van der Waals surface area contributed by atoms with Crippen LogP contribution in [-0.4, -0.2) is 6.61 Å². The van der Waals surface area contributed by atoms with Gasteiger partial charge in [0.2, 0.25) is 0 Å². The Morgan fingerprint density at radius 2 is 1.19 bits per heavy atom. The summed E-state index contributed by atoms with van der Waals surface area (Å²) in [5, 5.41) is 10.3. The van der Waals surface area contributed by atoms with Crippen LogP contribution in [0.5, 0.6) is 5.75 Å². The van der Waals surface area contributed by atoms with Crippen LogP contribution in [0.4, 0.5) is 0 Å². The molecule has 6 aromatic rings. The number of ether oxygens (including phenoxy) is 1. The molecule has 0 saturated heterocycles. The molecule has 0 heterocycles. The molecule has 154 valence electrons. The highest BCUT2D eigenvalue weighted by molar-refractivity contribution is 6.21. The first-order valence-electron chi connectivity index (χ1n) is 11.2. The van der Waals surface area contributed by atoms with Crippen LogP contribution in [0.1, 0.15) is 12.5 Å². The van der Waals surface area contributed by atoms with Crippen molar-refractivity contribution >= 4 is 43.1 Å². The Morgan fingerprint density at radius 3 is 1.97 bits per heavy atom. The van der Waals surface area contributed by atoms with Crippen molar-refractivity contribution in [2.24, 2.45) is 0 Å². The zero-order valence-corrected chi connectivity index (χ0v) is 18.4. The van der Waals surface area contributed by atoms with Crippen molar-refractivity contribution in [3.05, 3.63) is 103 Å². The Labute approximate surface area is 187 Å². The van der Waals surface area contributed by atoms with E-state index < -0.39 is 0 Å². The second kappa shape index (κ2) is 7.39. The van der Waals surface area contributed by atoms with E-state index in [-0.39, 0.29) is 0 Å². The van der Waals surface area contributed by atoms with E-state index in [0.29, 0.717) is 6.61 Å². The summed E-state index contributed by atoms with van der Waals surface area (Å²) in [4.78, 5) is 0. The molecule has 1 nitrogen and oxygen atoms in total. The quantitative estimate of drug-likeness (QED) is 0.264. The van der Waals surface area contributed by atoms with Gasteiger partial charge in [0.1, 0.15) is 5.75 Å². The predicted molar refractivity (Wildman–Crippen MR) is 138 cm³/mol. The third-order valence-corrected chi connectivity index (χ3v) is 6.52. The Bertz CT molecular complexity index is 1640. The van der Waals surface area contributed by atoms with E-state index in [0.717, 1.165) is 5.75 Å². The van der Waals surface area contributed by atoms with Gasteiger partial charge in [0.25, 0.3) is 0 Å². The molecule has 1 heteroatoms. The molecule has 32 heavy (non-hydrogen) atoms. The minimum absolute atomic E-state index is 0.681. The predicted octanol–water partition coefficient (Wildman–Crippen LogP) is 8.67. The largest absolute Gasteiger partial charge is 0.494 e. The zero-order chi connectivity index (χ0) is 21.7. The molecular weight excluding hydrogens is 388 g/mol. The maximum Gasteiger partial charge on any atom is 0.119 e. The van der Waals surface area contributed by atoms with Gasteiger partial charge in [-0.05, 0) is 97.9 Å². The first-order chi connectivity index (χ1) is 15.7. The van der Waals surface area contributed by atoms with Gasteiger partial charge in [-0.25, -0.2) is 0 Å². The van der Waals surface area contributed by atoms with Gasteiger partial charge in [0.15, 0.2) is 0 Å². The van der Waals surface area contributed by atoms with Crippen molar-refractivity contribution in [3.63, 3.8) is 0 Å². The number of aryl methyl sites for hydroxylation is 1. The molecule has 6 rings (SSSR count). The van der Waals surface area contributed by atoms with Crippen molar-refractivity contribution in [2.45, 2.75) is 13.8 Å². The van der Waals surface area contributed by atoms with Gasteiger partial charge in [0, 0.05) is 0 Å². The molecule has 0 aliphatic carbocycles. The van der Waals surface area contributed by atoms with Gasteiger partial charge >= 0.3 is 0 Å². The fraction of sp³-hybridized carbons (Fsp3) is 0.0968. The molecule has 0 radical (unpaired) electrons. The van der Waals surface area contributed by atoms with E-state index in [2.05, 4.69) is 104 Å².